The maximum atomic E-state index is 9.45. The number of anilines is 2. The number of hydrogen-bond donors (Lipinski definition) is 1. The molecular weight excluding hydrogens is 290 g/mol. The Kier molecular flexibility index (Phi) is 3.17. The summed E-state index contributed by atoms with van der Waals surface area (Å²) >= 11 is 0. The van der Waals surface area contributed by atoms with Gasteiger partial charge in [-0.1, -0.05) is 24.3 Å². The van der Waals surface area contributed by atoms with Crippen LogP contribution in [0.3, 0.4) is 0 Å². The standard InChI is InChI=1S/C17H15N5O/c1-21(13-5-3-2-4-6-13)16-14-9-12(10-23)7-8-15(14)22-11-18-20-17(22)19-16/h2-9,11,23H,10H2,1H3. The van der Waals surface area contributed by atoms with E-state index in [-0.39, 0.29) is 6.61 Å². The summed E-state index contributed by atoms with van der Waals surface area (Å²) in [5.74, 6) is 1.33. The molecule has 0 aliphatic rings. The molecule has 23 heavy (non-hydrogen) atoms. The second-order valence-corrected chi connectivity index (χ2v) is 5.34. The summed E-state index contributed by atoms with van der Waals surface area (Å²) in [6.07, 6.45) is 1.65. The Morgan fingerprint density at radius 1 is 1.13 bits per heavy atom. The molecule has 2 heterocycles. The molecule has 0 radical (unpaired) electrons. The number of aliphatic hydroxyl groups is 1. The monoisotopic (exact) mass is 305 g/mol. The number of para-hydroxylation sites is 1. The molecule has 0 atom stereocenters. The molecule has 0 amide bonds. The highest BCUT2D eigenvalue weighted by Crippen LogP contribution is 2.30. The number of aliphatic hydroxyl groups excluding tert-OH is 1. The first-order valence-corrected chi connectivity index (χ1v) is 7.30. The van der Waals surface area contributed by atoms with Gasteiger partial charge < -0.3 is 10.0 Å². The second-order valence-electron chi connectivity index (χ2n) is 5.34. The fourth-order valence-electron chi connectivity index (χ4n) is 2.73. The first-order chi connectivity index (χ1) is 11.3. The Hall–Kier alpha value is -2.99. The van der Waals surface area contributed by atoms with E-state index in [1.54, 1.807) is 6.33 Å². The number of nitrogens with zero attached hydrogens (tertiary/aromatic N) is 5. The van der Waals surface area contributed by atoms with E-state index in [0.29, 0.717) is 5.78 Å². The lowest BCUT2D eigenvalue weighted by Crippen LogP contribution is -2.13. The minimum atomic E-state index is -0.00928. The first-order valence-electron chi connectivity index (χ1n) is 7.30. The molecule has 6 nitrogen and oxygen atoms in total. The predicted molar refractivity (Wildman–Crippen MR) is 88.7 cm³/mol. The summed E-state index contributed by atoms with van der Waals surface area (Å²) in [5, 5.41) is 18.4. The van der Waals surface area contributed by atoms with Crippen molar-refractivity contribution in [3.8, 4) is 0 Å². The Morgan fingerprint density at radius 2 is 1.96 bits per heavy atom. The molecule has 2 aromatic carbocycles. The van der Waals surface area contributed by atoms with E-state index < -0.39 is 0 Å². The zero-order chi connectivity index (χ0) is 15.8. The van der Waals surface area contributed by atoms with Gasteiger partial charge in [0.05, 0.1) is 12.1 Å². The van der Waals surface area contributed by atoms with E-state index in [1.807, 2.05) is 64.9 Å². The lowest BCUT2D eigenvalue weighted by molar-refractivity contribution is 0.282. The van der Waals surface area contributed by atoms with Crippen molar-refractivity contribution in [3.05, 3.63) is 60.4 Å². The van der Waals surface area contributed by atoms with Gasteiger partial charge in [0.15, 0.2) is 0 Å². The molecule has 2 aromatic heterocycles. The van der Waals surface area contributed by atoms with Gasteiger partial charge in [-0.3, -0.25) is 4.40 Å². The van der Waals surface area contributed by atoms with E-state index in [9.17, 15) is 5.11 Å². The molecule has 0 saturated heterocycles. The predicted octanol–water partition coefficient (Wildman–Crippen LogP) is 2.54. The molecule has 1 N–H and O–H groups in total. The van der Waals surface area contributed by atoms with E-state index in [0.717, 1.165) is 28.0 Å². The number of aromatic nitrogens is 4. The number of hydrogen-bond acceptors (Lipinski definition) is 5. The second kappa shape index (κ2) is 5.33. The Morgan fingerprint density at radius 3 is 2.74 bits per heavy atom. The molecular formula is C17H15N5O. The van der Waals surface area contributed by atoms with Crippen LogP contribution in [0.5, 0.6) is 0 Å². The van der Waals surface area contributed by atoms with Crippen LogP contribution in [-0.4, -0.2) is 31.7 Å². The fourth-order valence-corrected chi connectivity index (χ4v) is 2.73. The van der Waals surface area contributed by atoms with Crippen molar-refractivity contribution in [2.45, 2.75) is 6.61 Å². The van der Waals surface area contributed by atoms with E-state index in [4.69, 9.17) is 0 Å². The highest BCUT2D eigenvalue weighted by molar-refractivity contribution is 5.93. The zero-order valence-corrected chi connectivity index (χ0v) is 12.6. The van der Waals surface area contributed by atoms with Crippen LogP contribution in [0.1, 0.15) is 5.56 Å². The number of benzene rings is 2. The summed E-state index contributed by atoms with van der Waals surface area (Å²) in [4.78, 5) is 6.66. The van der Waals surface area contributed by atoms with Crippen LogP contribution >= 0.6 is 0 Å². The molecule has 0 fully saturated rings. The van der Waals surface area contributed by atoms with Crippen LogP contribution < -0.4 is 4.90 Å². The summed E-state index contributed by atoms with van der Waals surface area (Å²) in [6, 6.07) is 15.8. The largest absolute Gasteiger partial charge is 0.392 e. The maximum Gasteiger partial charge on any atom is 0.257 e. The summed E-state index contributed by atoms with van der Waals surface area (Å²) in [6.45, 7) is -0.00928. The van der Waals surface area contributed by atoms with Gasteiger partial charge in [0.1, 0.15) is 12.1 Å². The Labute approximate surface area is 132 Å². The van der Waals surface area contributed by atoms with Gasteiger partial charge in [-0.25, -0.2) is 0 Å². The van der Waals surface area contributed by atoms with Crippen LogP contribution in [0.2, 0.25) is 0 Å². The third kappa shape index (κ3) is 2.20. The Balaban J connectivity index is 2.02. The van der Waals surface area contributed by atoms with Crippen molar-refractivity contribution in [2.24, 2.45) is 0 Å². The summed E-state index contributed by atoms with van der Waals surface area (Å²) in [7, 11) is 1.97. The van der Waals surface area contributed by atoms with Crippen molar-refractivity contribution in [1.29, 1.82) is 0 Å². The molecule has 0 spiro atoms. The summed E-state index contributed by atoms with van der Waals surface area (Å²) in [5.41, 5.74) is 2.82. The molecule has 4 aromatic rings. The fraction of sp³-hybridized carbons (Fsp3) is 0.118. The van der Waals surface area contributed by atoms with Gasteiger partial charge in [0.25, 0.3) is 5.78 Å². The van der Waals surface area contributed by atoms with Crippen LogP contribution in [0.4, 0.5) is 11.5 Å². The van der Waals surface area contributed by atoms with Gasteiger partial charge in [0, 0.05) is 18.1 Å². The van der Waals surface area contributed by atoms with Gasteiger partial charge in [-0.15, -0.1) is 10.2 Å². The molecule has 0 unspecified atom stereocenters. The van der Waals surface area contributed by atoms with Gasteiger partial charge in [0.2, 0.25) is 0 Å². The van der Waals surface area contributed by atoms with E-state index >= 15 is 0 Å². The third-order valence-corrected chi connectivity index (χ3v) is 3.94. The molecule has 0 bridgehead atoms. The van der Waals surface area contributed by atoms with Crippen LogP contribution in [0, 0.1) is 0 Å². The lowest BCUT2D eigenvalue weighted by Gasteiger charge is -2.20. The van der Waals surface area contributed by atoms with Crippen molar-refractivity contribution >= 4 is 28.2 Å². The van der Waals surface area contributed by atoms with Crippen molar-refractivity contribution in [3.63, 3.8) is 0 Å². The molecule has 6 heteroatoms. The van der Waals surface area contributed by atoms with Crippen LogP contribution in [0.25, 0.3) is 16.7 Å². The average Bonchev–Trinajstić information content (AvgIpc) is 3.09. The normalized spacial score (nSPS) is 11.2. The van der Waals surface area contributed by atoms with E-state index in [1.165, 1.54) is 0 Å². The van der Waals surface area contributed by atoms with E-state index in [2.05, 4.69) is 15.2 Å². The smallest absolute Gasteiger partial charge is 0.257 e. The van der Waals surface area contributed by atoms with Crippen molar-refractivity contribution < 1.29 is 5.11 Å². The molecule has 0 aliphatic heterocycles. The van der Waals surface area contributed by atoms with Crippen molar-refractivity contribution in [1.82, 2.24) is 19.6 Å². The van der Waals surface area contributed by atoms with Crippen molar-refractivity contribution in [2.75, 3.05) is 11.9 Å². The zero-order valence-electron chi connectivity index (χ0n) is 12.6. The third-order valence-electron chi connectivity index (χ3n) is 3.94. The molecule has 4 rings (SSSR count). The molecule has 0 saturated carbocycles. The first kappa shape index (κ1) is 13.7. The minimum absolute atomic E-state index is 0.00928. The van der Waals surface area contributed by atoms with Gasteiger partial charge in [-0.2, -0.15) is 4.98 Å². The highest BCUT2D eigenvalue weighted by atomic mass is 16.3. The number of fused-ring (bicyclic) bond motifs is 3. The van der Waals surface area contributed by atoms with Crippen LogP contribution in [-0.2, 0) is 6.61 Å². The SMILES string of the molecule is CN(c1ccccc1)c1nc2nncn2c2ccc(CO)cc12. The van der Waals surface area contributed by atoms with Crippen LogP contribution in [0.15, 0.2) is 54.9 Å². The highest BCUT2D eigenvalue weighted by Gasteiger charge is 2.14. The maximum absolute atomic E-state index is 9.45. The summed E-state index contributed by atoms with van der Waals surface area (Å²) < 4.78 is 1.85. The number of rotatable bonds is 3. The average molecular weight is 305 g/mol. The Bertz CT molecular complexity index is 980. The van der Waals surface area contributed by atoms with Gasteiger partial charge >= 0.3 is 0 Å². The lowest BCUT2D eigenvalue weighted by atomic mass is 10.1. The molecule has 0 aliphatic carbocycles. The van der Waals surface area contributed by atoms with Gasteiger partial charge in [-0.05, 0) is 29.8 Å². The molecule has 114 valence electrons. The topological polar surface area (TPSA) is 66.6 Å². The quantitative estimate of drug-likeness (QED) is 0.630. The minimum Gasteiger partial charge on any atom is -0.392 e.